The molecule has 1 aliphatic rings. The molecule has 3 rings (SSSR count). The number of nitrogens with one attached hydrogen (secondary N) is 1. The lowest BCUT2D eigenvalue weighted by molar-refractivity contribution is -0.117. The highest BCUT2D eigenvalue weighted by Gasteiger charge is 2.51. The molecule has 2 aromatic carbocycles. The summed E-state index contributed by atoms with van der Waals surface area (Å²) in [6.45, 7) is 9.64. The number of rotatable bonds is 3. The number of carbonyl (C=O) groups excluding carboxylic acids is 1. The minimum absolute atomic E-state index is 0.0997. The SMILES string of the molecule is [B]C1([B])c2ccc(F)cc2C([B])([B])C([B])([B])N1c1cc(C)c(NC(=O)CC(C)(C)C)c(C)c1. The molecule has 1 heterocycles. The fourth-order valence-corrected chi connectivity index (χ4v) is 4.39. The number of carbonyl (C=O) groups is 1. The van der Waals surface area contributed by atoms with Gasteiger partial charge in [-0.2, -0.15) is 0 Å². The Balaban J connectivity index is 2.12. The van der Waals surface area contributed by atoms with Crippen LogP contribution in [0.2, 0.25) is 0 Å². The summed E-state index contributed by atoms with van der Waals surface area (Å²) in [6.07, 6.45) is 0.361. The Labute approximate surface area is 204 Å². The molecule has 2 aromatic rings. The van der Waals surface area contributed by atoms with E-state index in [-0.39, 0.29) is 16.9 Å². The number of hydrogen-bond acceptors (Lipinski definition) is 2. The maximum absolute atomic E-state index is 14.0. The lowest BCUT2D eigenvalue weighted by atomic mass is 9.27. The summed E-state index contributed by atoms with van der Waals surface area (Å²) in [6, 6.07) is 7.26. The van der Waals surface area contributed by atoms with Gasteiger partial charge in [0.2, 0.25) is 5.91 Å². The maximum Gasteiger partial charge on any atom is 0.224 e. The number of anilines is 2. The van der Waals surface area contributed by atoms with Gasteiger partial charge in [-0.05, 0) is 70.9 Å². The Kier molecular flexibility index (Phi) is 6.27. The average Bonchev–Trinajstić information content (AvgIpc) is 2.61. The van der Waals surface area contributed by atoms with Gasteiger partial charge in [-0.1, -0.05) is 37.6 Å². The zero-order valence-electron chi connectivity index (χ0n) is 19.8. The minimum atomic E-state index is -1.99. The van der Waals surface area contributed by atoms with E-state index in [1.165, 1.54) is 17.0 Å². The quantitative estimate of drug-likeness (QED) is 0.763. The van der Waals surface area contributed by atoms with Crippen LogP contribution in [0.3, 0.4) is 0 Å². The zero-order chi connectivity index (χ0) is 25.1. The topological polar surface area (TPSA) is 32.3 Å². The fourth-order valence-electron chi connectivity index (χ4n) is 4.39. The number of benzene rings is 2. The van der Waals surface area contributed by atoms with Crippen molar-refractivity contribution in [2.75, 3.05) is 10.2 Å². The van der Waals surface area contributed by atoms with Gasteiger partial charge in [0.15, 0.2) is 0 Å². The highest BCUT2D eigenvalue weighted by molar-refractivity contribution is 6.58. The van der Waals surface area contributed by atoms with Gasteiger partial charge in [-0.3, -0.25) is 4.79 Å². The van der Waals surface area contributed by atoms with Crippen LogP contribution in [-0.4, -0.2) is 58.3 Å². The van der Waals surface area contributed by atoms with Crippen molar-refractivity contribution in [2.24, 2.45) is 5.41 Å². The molecule has 0 atom stereocenters. The van der Waals surface area contributed by atoms with Crippen molar-refractivity contribution < 1.29 is 9.18 Å². The smallest absolute Gasteiger partial charge is 0.224 e. The van der Waals surface area contributed by atoms with Crippen molar-refractivity contribution in [2.45, 2.75) is 56.9 Å². The van der Waals surface area contributed by atoms with Crippen molar-refractivity contribution in [3.05, 3.63) is 58.4 Å². The molecule has 0 fully saturated rings. The van der Waals surface area contributed by atoms with Crippen LogP contribution in [0.1, 0.15) is 49.4 Å². The molecule has 10 heteroatoms. The zero-order valence-corrected chi connectivity index (χ0v) is 19.8. The molecule has 33 heavy (non-hydrogen) atoms. The third-order valence-electron chi connectivity index (χ3n) is 5.99. The minimum Gasteiger partial charge on any atom is -0.391 e. The summed E-state index contributed by atoms with van der Waals surface area (Å²) in [7, 11) is 38.7. The molecule has 12 radical (unpaired) electrons. The standard InChI is InChI=1S/C23H23B6FN2O/c1-12-8-15(9-13(2)19(12)31-18(33)11-20(3,4)5)32-22(26,27)16-7-6-14(30)10-17(16)21(24,25)23(32,28)29/h6-10H,11H2,1-5H3,(H,31,33). The maximum atomic E-state index is 14.0. The normalized spacial score (nSPS) is 18.4. The predicted octanol–water partition coefficient (Wildman–Crippen LogP) is 2.27. The molecule has 0 spiro atoms. The predicted molar refractivity (Wildman–Crippen MR) is 138 cm³/mol. The van der Waals surface area contributed by atoms with E-state index in [9.17, 15) is 9.18 Å². The summed E-state index contributed by atoms with van der Waals surface area (Å²) < 4.78 is 14.0. The molecule has 0 unspecified atom stereocenters. The first-order chi connectivity index (χ1) is 14.9. The van der Waals surface area contributed by atoms with E-state index >= 15 is 0 Å². The molecular formula is C23H23B6FN2O. The van der Waals surface area contributed by atoms with Crippen molar-refractivity contribution in [1.82, 2.24) is 0 Å². The molecular weight excluding hydrogens is 404 g/mol. The van der Waals surface area contributed by atoms with Crippen molar-refractivity contribution in [3.8, 4) is 0 Å². The summed E-state index contributed by atoms with van der Waals surface area (Å²) in [5, 5.41) is -2.68. The lowest BCUT2D eigenvalue weighted by Gasteiger charge is -2.65. The molecule has 0 bridgehead atoms. The van der Waals surface area contributed by atoms with Crippen LogP contribution in [0, 0.1) is 25.1 Å². The molecule has 1 aliphatic heterocycles. The van der Waals surface area contributed by atoms with Crippen molar-refractivity contribution >= 4 is 64.4 Å². The number of aryl methyl sites for hydroxylation is 2. The van der Waals surface area contributed by atoms with Crippen LogP contribution in [0.25, 0.3) is 0 Å². The Morgan fingerprint density at radius 3 is 2.03 bits per heavy atom. The van der Waals surface area contributed by atoms with Gasteiger partial charge in [0.05, 0.1) is 47.1 Å². The molecule has 156 valence electrons. The average molecular weight is 427 g/mol. The molecule has 1 amide bonds. The second kappa shape index (κ2) is 8.06. The first kappa shape index (κ1) is 25.6. The molecule has 0 saturated heterocycles. The van der Waals surface area contributed by atoms with Gasteiger partial charge in [0.1, 0.15) is 5.82 Å². The Hall–Kier alpha value is -1.97. The Morgan fingerprint density at radius 1 is 0.970 bits per heavy atom. The van der Waals surface area contributed by atoms with Crippen molar-refractivity contribution in [1.29, 1.82) is 0 Å². The van der Waals surface area contributed by atoms with Crippen LogP contribution in [-0.2, 0) is 15.3 Å². The van der Waals surface area contributed by atoms with E-state index < -0.39 is 21.7 Å². The highest BCUT2D eigenvalue weighted by Crippen LogP contribution is 2.48. The van der Waals surface area contributed by atoms with E-state index in [0.717, 1.165) is 17.2 Å². The van der Waals surface area contributed by atoms with Crippen LogP contribution < -0.4 is 10.2 Å². The summed E-state index contributed by atoms with van der Waals surface area (Å²) in [5.41, 5.74) is 2.84. The third kappa shape index (κ3) is 4.42. The molecule has 3 nitrogen and oxygen atoms in total. The summed E-state index contributed by atoms with van der Waals surface area (Å²) in [4.78, 5) is 13.8. The molecule has 0 aromatic heterocycles. The highest BCUT2D eigenvalue weighted by atomic mass is 19.1. The summed E-state index contributed by atoms with van der Waals surface area (Å²) >= 11 is 0. The van der Waals surface area contributed by atoms with E-state index in [4.69, 9.17) is 47.1 Å². The van der Waals surface area contributed by atoms with Gasteiger partial charge >= 0.3 is 0 Å². The number of halogens is 1. The van der Waals surface area contributed by atoms with Gasteiger partial charge in [-0.15, -0.1) is 0 Å². The number of fused-ring (bicyclic) bond motifs is 1. The first-order valence-corrected chi connectivity index (χ1v) is 10.6. The molecule has 0 saturated carbocycles. The number of hydrogen-bond donors (Lipinski definition) is 1. The second-order valence-corrected chi connectivity index (χ2v) is 10.3. The van der Waals surface area contributed by atoms with E-state index in [1.54, 1.807) is 12.1 Å². The lowest BCUT2D eigenvalue weighted by Crippen LogP contribution is -2.74. The number of nitrogens with zero attached hydrogens (tertiary/aromatic N) is 1. The third-order valence-corrected chi connectivity index (χ3v) is 5.99. The van der Waals surface area contributed by atoms with E-state index in [2.05, 4.69) is 5.32 Å². The Bertz CT molecular complexity index is 1090. The second-order valence-electron chi connectivity index (χ2n) is 10.3. The van der Waals surface area contributed by atoms with Crippen LogP contribution in [0.5, 0.6) is 0 Å². The van der Waals surface area contributed by atoms with Gasteiger partial charge in [0.25, 0.3) is 0 Å². The summed E-state index contributed by atoms with van der Waals surface area (Å²) in [5.74, 6) is -0.673. The Morgan fingerprint density at radius 2 is 1.52 bits per heavy atom. The van der Waals surface area contributed by atoms with E-state index in [0.29, 0.717) is 23.4 Å². The molecule has 0 aliphatic carbocycles. The number of amides is 1. The van der Waals surface area contributed by atoms with Crippen LogP contribution in [0.4, 0.5) is 15.8 Å². The van der Waals surface area contributed by atoms with Gasteiger partial charge in [0, 0.05) is 17.8 Å². The largest absolute Gasteiger partial charge is 0.391 e. The first-order valence-electron chi connectivity index (χ1n) is 10.6. The van der Waals surface area contributed by atoms with Crippen molar-refractivity contribution in [3.63, 3.8) is 0 Å². The van der Waals surface area contributed by atoms with Crippen LogP contribution in [0.15, 0.2) is 30.3 Å². The molecule has 1 N–H and O–H groups in total. The monoisotopic (exact) mass is 428 g/mol. The fraction of sp³-hybridized carbons (Fsp3) is 0.435. The van der Waals surface area contributed by atoms with Gasteiger partial charge in [-0.25, -0.2) is 4.39 Å². The van der Waals surface area contributed by atoms with E-state index in [1.807, 2.05) is 34.6 Å². The van der Waals surface area contributed by atoms with Crippen LogP contribution >= 0.6 is 0 Å². The van der Waals surface area contributed by atoms with Gasteiger partial charge < -0.3 is 10.2 Å².